The molecule has 0 bridgehead atoms. The smallest absolute Gasteiger partial charge is 0.326 e. The van der Waals surface area contributed by atoms with E-state index < -0.39 is 33.8 Å². The Labute approximate surface area is 139 Å². The van der Waals surface area contributed by atoms with E-state index in [2.05, 4.69) is 16.6 Å². The number of hydrogen-bond acceptors (Lipinski definition) is 4. The predicted molar refractivity (Wildman–Crippen MR) is 85.2 cm³/mol. The Hall–Kier alpha value is -2.26. The summed E-state index contributed by atoms with van der Waals surface area (Å²) in [6, 6.07) is 3.18. The van der Waals surface area contributed by atoms with Crippen molar-refractivity contribution in [1.82, 2.24) is 10.0 Å². The minimum absolute atomic E-state index is 0.126. The van der Waals surface area contributed by atoms with Crippen LogP contribution in [0.1, 0.15) is 19.3 Å². The second kappa shape index (κ2) is 9.14. The van der Waals surface area contributed by atoms with Gasteiger partial charge in [-0.15, -0.1) is 6.58 Å². The quantitative estimate of drug-likeness (QED) is 0.541. The molecule has 7 nitrogen and oxygen atoms in total. The Morgan fingerprint density at radius 2 is 1.92 bits per heavy atom. The number of amides is 1. The summed E-state index contributed by atoms with van der Waals surface area (Å²) in [7, 11) is -3.86. The van der Waals surface area contributed by atoms with Crippen molar-refractivity contribution in [2.75, 3.05) is 6.54 Å². The fourth-order valence-electron chi connectivity index (χ4n) is 1.80. The number of halogens is 1. The molecule has 24 heavy (non-hydrogen) atoms. The Kier molecular flexibility index (Phi) is 7.53. The van der Waals surface area contributed by atoms with Crippen molar-refractivity contribution < 1.29 is 27.5 Å². The van der Waals surface area contributed by atoms with E-state index in [9.17, 15) is 22.4 Å². The molecule has 1 unspecified atom stereocenters. The molecule has 3 N–H and O–H groups in total. The second-order valence-electron chi connectivity index (χ2n) is 4.93. The van der Waals surface area contributed by atoms with Crippen molar-refractivity contribution in [1.29, 1.82) is 0 Å². The molecule has 1 rings (SSSR count). The van der Waals surface area contributed by atoms with Gasteiger partial charge in [0.2, 0.25) is 15.9 Å². The Morgan fingerprint density at radius 1 is 1.29 bits per heavy atom. The van der Waals surface area contributed by atoms with Gasteiger partial charge in [-0.3, -0.25) is 4.79 Å². The number of hydrogen-bond donors (Lipinski definition) is 3. The lowest BCUT2D eigenvalue weighted by Gasteiger charge is -2.13. The van der Waals surface area contributed by atoms with E-state index in [1.807, 2.05) is 0 Å². The van der Waals surface area contributed by atoms with Crippen LogP contribution in [0, 0.1) is 5.82 Å². The van der Waals surface area contributed by atoms with Crippen LogP contribution in [-0.4, -0.2) is 38.0 Å². The highest BCUT2D eigenvalue weighted by Gasteiger charge is 2.19. The lowest BCUT2D eigenvalue weighted by Crippen LogP contribution is -2.41. The van der Waals surface area contributed by atoms with Gasteiger partial charge in [0.1, 0.15) is 11.9 Å². The molecule has 9 heteroatoms. The van der Waals surface area contributed by atoms with Crippen LogP contribution in [0.25, 0.3) is 0 Å². The standard InChI is InChI=1S/C15H19FN2O5S/c1-2-3-4-13(15(20)21)18-14(19)9-10-17-24(22,23)12-7-5-11(16)6-8-12/h2,5-8,13,17H,1,3-4,9-10H2,(H,18,19)(H,20,21). The van der Waals surface area contributed by atoms with E-state index in [1.165, 1.54) is 0 Å². The largest absolute Gasteiger partial charge is 0.480 e. The minimum Gasteiger partial charge on any atom is -0.480 e. The third-order valence-electron chi connectivity index (χ3n) is 3.06. The number of carboxylic acids is 1. The Morgan fingerprint density at radius 3 is 2.46 bits per heavy atom. The molecule has 1 atom stereocenters. The zero-order chi connectivity index (χ0) is 18.2. The lowest BCUT2D eigenvalue weighted by molar-refractivity contribution is -0.142. The number of sulfonamides is 1. The van der Waals surface area contributed by atoms with Crippen molar-refractivity contribution in [2.24, 2.45) is 0 Å². The van der Waals surface area contributed by atoms with Crippen molar-refractivity contribution in [2.45, 2.75) is 30.2 Å². The maximum Gasteiger partial charge on any atom is 0.326 e. The molecule has 0 radical (unpaired) electrons. The molecule has 1 amide bonds. The van der Waals surface area contributed by atoms with Gasteiger partial charge >= 0.3 is 5.97 Å². The summed E-state index contributed by atoms with van der Waals surface area (Å²) >= 11 is 0. The molecule has 0 aromatic heterocycles. The molecule has 0 fully saturated rings. The first-order valence-electron chi connectivity index (χ1n) is 7.14. The third-order valence-corrected chi connectivity index (χ3v) is 4.54. The average molecular weight is 358 g/mol. The zero-order valence-electron chi connectivity index (χ0n) is 12.9. The highest BCUT2D eigenvalue weighted by molar-refractivity contribution is 7.89. The molecule has 0 saturated carbocycles. The fraction of sp³-hybridized carbons (Fsp3) is 0.333. The van der Waals surface area contributed by atoms with E-state index >= 15 is 0 Å². The van der Waals surface area contributed by atoms with E-state index in [4.69, 9.17) is 5.11 Å². The number of carbonyl (C=O) groups excluding carboxylic acids is 1. The first-order valence-corrected chi connectivity index (χ1v) is 8.63. The minimum atomic E-state index is -3.86. The highest BCUT2D eigenvalue weighted by Crippen LogP contribution is 2.09. The summed E-state index contributed by atoms with van der Waals surface area (Å²) in [6.07, 6.45) is 1.94. The number of carboxylic acid groups (broad SMARTS) is 1. The molecular weight excluding hydrogens is 339 g/mol. The Balaban J connectivity index is 2.50. The fourth-order valence-corrected chi connectivity index (χ4v) is 2.84. The summed E-state index contributed by atoms with van der Waals surface area (Å²) in [5, 5.41) is 11.3. The van der Waals surface area contributed by atoms with Crippen LogP contribution in [0.4, 0.5) is 4.39 Å². The van der Waals surface area contributed by atoms with Gasteiger partial charge < -0.3 is 10.4 Å². The van der Waals surface area contributed by atoms with Gasteiger partial charge in [-0.1, -0.05) is 6.08 Å². The lowest BCUT2D eigenvalue weighted by atomic mass is 10.1. The van der Waals surface area contributed by atoms with E-state index in [1.54, 1.807) is 6.08 Å². The summed E-state index contributed by atoms with van der Waals surface area (Å²) in [5.74, 6) is -2.32. The molecule has 0 aliphatic carbocycles. The molecule has 1 aromatic rings. The van der Waals surface area contributed by atoms with Gasteiger partial charge in [0.25, 0.3) is 0 Å². The number of aliphatic carboxylic acids is 1. The maximum absolute atomic E-state index is 12.8. The zero-order valence-corrected chi connectivity index (χ0v) is 13.7. The molecule has 132 valence electrons. The summed E-state index contributed by atoms with van der Waals surface area (Å²) in [5.41, 5.74) is 0. The normalized spacial score (nSPS) is 12.4. The van der Waals surface area contributed by atoms with Crippen LogP contribution in [0.3, 0.4) is 0 Å². The summed E-state index contributed by atoms with van der Waals surface area (Å²) in [4.78, 5) is 22.6. The Bertz CT molecular complexity index is 688. The molecular formula is C15H19FN2O5S. The van der Waals surface area contributed by atoms with E-state index in [0.717, 1.165) is 24.3 Å². The SMILES string of the molecule is C=CCCC(NC(=O)CCNS(=O)(=O)c1ccc(F)cc1)C(=O)O. The monoisotopic (exact) mass is 358 g/mol. The number of rotatable bonds is 10. The molecule has 1 aromatic carbocycles. The highest BCUT2D eigenvalue weighted by atomic mass is 32.2. The number of benzene rings is 1. The van der Waals surface area contributed by atoms with Gasteiger partial charge in [-0.25, -0.2) is 22.3 Å². The van der Waals surface area contributed by atoms with Gasteiger partial charge in [-0.05, 0) is 37.1 Å². The van der Waals surface area contributed by atoms with Gasteiger partial charge in [0.15, 0.2) is 0 Å². The van der Waals surface area contributed by atoms with Crippen LogP contribution < -0.4 is 10.0 Å². The van der Waals surface area contributed by atoms with Crippen LogP contribution in [0.2, 0.25) is 0 Å². The molecule has 0 aliphatic rings. The van der Waals surface area contributed by atoms with Crippen LogP contribution in [0.15, 0.2) is 41.8 Å². The van der Waals surface area contributed by atoms with Crippen molar-refractivity contribution >= 4 is 21.9 Å². The number of allylic oxidation sites excluding steroid dienone is 1. The van der Waals surface area contributed by atoms with Gasteiger partial charge in [-0.2, -0.15) is 0 Å². The van der Waals surface area contributed by atoms with E-state index in [-0.39, 0.29) is 24.3 Å². The van der Waals surface area contributed by atoms with Crippen LogP contribution in [0.5, 0.6) is 0 Å². The van der Waals surface area contributed by atoms with E-state index in [0.29, 0.717) is 6.42 Å². The third kappa shape index (κ3) is 6.47. The second-order valence-corrected chi connectivity index (χ2v) is 6.69. The number of carbonyl (C=O) groups is 2. The first kappa shape index (κ1) is 19.8. The average Bonchev–Trinajstić information content (AvgIpc) is 2.51. The van der Waals surface area contributed by atoms with Crippen molar-refractivity contribution in [3.8, 4) is 0 Å². The topological polar surface area (TPSA) is 113 Å². The van der Waals surface area contributed by atoms with Gasteiger partial charge in [0, 0.05) is 13.0 Å². The number of nitrogens with one attached hydrogen (secondary N) is 2. The molecule has 0 heterocycles. The van der Waals surface area contributed by atoms with Crippen molar-refractivity contribution in [3.63, 3.8) is 0 Å². The van der Waals surface area contributed by atoms with Crippen molar-refractivity contribution in [3.05, 3.63) is 42.7 Å². The van der Waals surface area contributed by atoms with Crippen LogP contribution >= 0.6 is 0 Å². The maximum atomic E-state index is 12.8. The van der Waals surface area contributed by atoms with Crippen LogP contribution in [-0.2, 0) is 19.6 Å². The molecule has 0 aliphatic heterocycles. The predicted octanol–water partition coefficient (Wildman–Crippen LogP) is 1.03. The first-order chi connectivity index (χ1) is 11.3. The molecule has 0 saturated heterocycles. The summed E-state index contributed by atoms with van der Waals surface area (Å²) in [6.45, 7) is 3.27. The summed E-state index contributed by atoms with van der Waals surface area (Å²) < 4.78 is 38.8. The molecule has 0 spiro atoms. The van der Waals surface area contributed by atoms with Gasteiger partial charge in [0.05, 0.1) is 4.90 Å².